The van der Waals surface area contributed by atoms with Crippen molar-refractivity contribution in [2.24, 2.45) is 0 Å². The number of rotatable bonds is 3. The Hall–Kier alpha value is -1.85. The van der Waals surface area contributed by atoms with Crippen LogP contribution in [0.2, 0.25) is 0 Å². The van der Waals surface area contributed by atoms with Gasteiger partial charge in [-0.3, -0.25) is 0 Å². The number of hydrogen-bond donors (Lipinski definition) is 2. The van der Waals surface area contributed by atoms with Crippen LogP contribution in [0.3, 0.4) is 0 Å². The zero-order valence-corrected chi connectivity index (χ0v) is 7.89. The third-order valence-corrected chi connectivity index (χ3v) is 1.25. The van der Waals surface area contributed by atoms with E-state index in [4.69, 9.17) is 5.11 Å². The van der Waals surface area contributed by atoms with Crippen molar-refractivity contribution >= 4 is 12.1 Å². The molecule has 0 saturated carbocycles. The molecule has 0 fully saturated rings. The molecule has 0 radical (unpaired) electrons. The molecule has 2 N–H and O–H groups in total. The summed E-state index contributed by atoms with van der Waals surface area (Å²) in [5.74, 6) is 0.546. The standard InChI is InChI=1S/C8H11N3O3/c1-5(2)11-7-9-3-6(4-10-7)14-8(12)13/h3-5H,1-2H3,(H,12,13)(H,9,10,11). The molecule has 14 heavy (non-hydrogen) atoms. The summed E-state index contributed by atoms with van der Waals surface area (Å²) in [6.45, 7) is 3.90. The summed E-state index contributed by atoms with van der Waals surface area (Å²) >= 11 is 0. The zero-order chi connectivity index (χ0) is 10.6. The van der Waals surface area contributed by atoms with E-state index in [2.05, 4.69) is 20.0 Å². The van der Waals surface area contributed by atoms with Gasteiger partial charge in [-0.25, -0.2) is 14.8 Å². The average molecular weight is 197 g/mol. The lowest BCUT2D eigenvalue weighted by atomic mass is 10.4. The second-order valence-electron chi connectivity index (χ2n) is 2.91. The van der Waals surface area contributed by atoms with Gasteiger partial charge in [-0.15, -0.1) is 0 Å². The molecule has 1 aromatic heterocycles. The van der Waals surface area contributed by atoms with E-state index >= 15 is 0 Å². The molecule has 0 aliphatic rings. The lowest BCUT2D eigenvalue weighted by molar-refractivity contribution is 0.144. The number of nitrogens with one attached hydrogen (secondary N) is 1. The Balaban J connectivity index is 2.63. The smallest absolute Gasteiger partial charge is 0.449 e. The summed E-state index contributed by atoms with van der Waals surface area (Å²) in [6.07, 6.45) is 1.22. The minimum absolute atomic E-state index is 0.104. The highest BCUT2D eigenvalue weighted by Crippen LogP contribution is 2.08. The van der Waals surface area contributed by atoms with Gasteiger partial charge >= 0.3 is 6.16 Å². The fraction of sp³-hybridized carbons (Fsp3) is 0.375. The predicted molar refractivity (Wildman–Crippen MR) is 49.4 cm³/mol. The van der Waals surface area contributed by atoms with Gasteiger partial charge in [0, 0.05) is 6.04 Å². The van der Waals surface area contributed by atoms with Gasteiger partial charge in [0.15, 0.2) is 5.75 Å². The van der Waals surface area contributed by atoms with Crippen molar-refractivity contribution in [3.63, 3.8) is 0 Å². The molecule has 0 aliphatic carbocycles. The molecule has 76 valence electrons. The van der Waals surface area contributed by atoms with Gasteiger partial charge in [0.1, 0.15) is 0 Å². The molecule has 1 aromatic rings. The van der Waals surface area contributed by atoms with Crippen LogP contribution in [0.15, 0.2) is 12.4 Å². The van der Waals surface area contributed by atoms with E-state index in [1.54, 1.807) is 0 Å². The lowest BCUT2D eigenvalue weighted by Crippen LogP contribution is -2.12. The summed E-state index contributed by atoms with van der Waals surface area (Å²) in [5, 5.41) is 11.2. The lowest BCUT2D eigenvalue weighted by Gasteiger charge is -2.07. The maximum absolute atomic E-state index is 10.1. The molecule has 1 rings (SSSR count). The summed E-state index contributed by atoms with van der Waals surface area (Å²) in [4.78, 5) is 17.9. The molecule has 0 saturated heterocycles. The molecule has 0 aromatic carbocycles. The van der Waals surface area contributed by atoms with Crippen LogP contribution in [0.5, 0.6) is 5.75 Å². The van der Waals surface area contributed by atoms with E-state index in [1.165, 1.54) is 12.4 Å². The Morgan fingerprint density at radius 2 is 2.07 bits per heavy atom. The van der Waals surface area contributed by atoms with E-state index in [0.29, 0.717) is 5.95 Å². The minimum atomic E-state index is -1.38. The summed E-state index contributed by atoms with van der Waals surface area (Å²) in [7, 11) is 0. The number of anilines is 1. The molecular weight excluding hydrogens is 186 g/mol. The summed E-state index contributed by atoms with van der Waals surface area (Å²) in [5.41, 5.74) is 0. The van der Waals surface area contributed by atoms with Crippen LogP contribution in [0, 0.1) is 0 Å². The fourth-order valence-corrected chi connectivity index (χ4v) is 0.802. The summed E-state index contributed by atoms with van der Waals surface area (Å²) < 4.78 is 4.34. The van der Waals surface area contributed by atoms with E-state index in [9.17, 15) is 4.79 Å². The normalized spacial score (nSPS) is 9.93. The molecule has 6 heteroatoms. The molecule has 0 amide bonds. The maximum atomic E-state index is 10.1. The molecule has 0 atom stereocenters. The van der Waals surface area contributed by atoms with Crippen molar-refractivity contribution in [1.29, 1.82) is 0 Å². The Bertz CT molecular complexity index is 310. The van der Waals surface area contributed by atoms with Crippen LogP contribution in [-0.2, 0) is 0 Å². The Morgan fingerprint density at radius 3 is 2.50 bits per heavy atom. The first-order valence-electron chi connectivity index (χ1n) is 4.07. The van der Waals surface area contributed by atoms with Crippen molar-refractivity contribution in [2.75, 3.05) is 5.32 Å². The van der Waals surface area contributed by atoms with Crippen LogP contribution in [-0.4, -0.2) is 27.3 Å². The van der Waals surface area contributed by atoms with Gasteiger partial charge in [-0.2, -0.15) is 0 Å². The van der Waals surface area contributed by atoms with Crippen LogP contribution < -0.4 is 10.1 Å². The van der Waals surface area contributed by atoms with Crippen LogP contribution >= 0.6 is 0 Å². The first-order chi connectivity index (χ1) is 6.58. The molecule has 0 bridgehead atoms. The second-order valence-corrected chi connectivity index (χ2v) is 2.91. The minimum Gasteiger partial charge on any atom is -0.449 e. The Morgan fingerprint density at radius 1 is 1.50 bits per heavy atom. The van der Waals surface area contributed by atoms with Crippen molar-refractivity contribution in [2.45, 2.75) is 19.9 Å². The SMILES string of the molecule is CC(C)Nc1ncc(OC(=O)O)cn1. The van der Waals surface area contributed by atoms with E-state index < -0.39 is 6.16 Å². The van der Waals surface area contributed by atoms with Gasteiger partial charge in [0.25, 0.3) is 0 Å². The van der Waals surface area contributed by atoms with E-state index in [1.807, 2.05) is 13.8 Å². The van der Waals surface area contributed by atoms with Crippen molar-refractivity contribution in [3.8, 4) is 5.75 Å². The highest BCUT2D eigenvalue weighted by Gasteiger charge is 2.02. The topological polar surface area (TPSA) is 84.3 Å². The number of carboxylic acid groups (broad SMARTS) is 1. The monoisotopic (exact) mass is 197 g/mol. The highest BCUT2D eigenvalue weighted by atomic mass is 16.7. The summed E-state index contributed by atoms with van der Waals surface area (Å²) in [6, 6.07) is 0.223. The van der Waals surface area contributed by atoms with Crippen LogP contribution in [0.1, 0.15) is 13.8 Å². The molecule has 0 spiro atoms. The van der Waals surface area contributed by atoms with Gasteiger partial charge in [-0.1, -0.05) is 0 Å². The highest BCUT2D eigenvalue weighted by molar-refractivity contribution is 5.60. The van der Waals surface area contributed by atoms with Crippen molar-refractivity contribution in [3.05, 3.63) is 12.4 Å². The molecule has 0 aliphatic heterocycles. The molecular formula is C8H11N3O3. The van der Waals surface area contributed by atoms with E-state index in [0.717, 1.165) is 0 Å². The van der Waals surface area contributed by atoms with Gasteiger partial charge < -0.3 is 15.2 Å². The van der Waals surface area contributed by atoms with Gasteiger partial charge in [0.05, 0.1) is 12.4 Å². The Labute approximate surface area is 80.9 Å². The van der Waals surface area contributed by atoms with Crippen molar-refractivity contribution in [1.82, 2.24) is 9.97 Å². The first-order valence-corrected chi connectivity index (χ1v) is 4.07. The van der Waals surface area contributed by atoms with Gasteiger partial charge in [-0.05, 0) is 13.8 Å². The Kier molecular flexibility index (Phi) is 3.22. The van der Waals surface area contributed by atoms with Crippen LogP contribution in [0.25, 0.3) is 0 Å². The predicted octanol–water partition coefficient (Wildman–Crippen LogP) is 1.35. The van der Waals surface area contributed by atoms with Crippen LogP contribution in [0.4, 0.5) is 10.7 Å². The number of ether oxygens (including phenoxy) is 1. The second kappa shape index (κ2) is 4.40. The van der Waals surface area contributed by atoms with E-state index in [-0.39, 0.29) is 11.8 Å². The van der Waals surface area contributed by atoms with Crippen molar-refractivity contribution < 1.29 is 14.6 Å². The third kappa shape index (κ3) is 3.26. The quantitative estimate of drug-likeness (QED) is 0.711. The molecule has 6 nitrogen and oxygen atoms in total. The number of aromatic nitrogens is 2. The molecule has 1 heterocycles. The maximum Gasteiger partial charge on any atom is 0.511 e. The number of nitrogens with zero attached hydrogens (tertiary/aromatic N) is 2. The third-order valence-electron chi connectivity index (χ3n) is 1.25. The number of hydrogen-bond acceptors (Lipinski definition) is 5. The zero-order valence-electron chi connectivity index (χ0n) is 7.89. The largest absolute Gasteiger partial charge is 0.511 e. The van der Waals surface area contributed by atoms with Gasteiger partial charge in [0.2, 0.25) is 5.95 Å². The fourth-order valence-electron chi connectivity index (χ4n) is 0.802. The first kappa shape index (κ1) is 10.2. The number of carbonyl (C=O) groups is 1. The average Bonchev–Trinajstić information content (AvgIpc) is 2.06. The molecule has 0 unspecified atom stereocenters.